The van der Waals surface area contributed by atoms with Gasteiger partial charge in [0.05, 0.1) is 35.8 Å². The molecule has 0 aliphatic carbocycles. The van der Waals surface area contributed by atoms with Crippen molar-refractivity contribution in [2.45, 2.75) is 38.3 Å². The Morgan fingerprint density at radius 1 is 1.20 bits per heavy atom. The first kappa shape index (κ1) is 21.1. The molecule has 2 amide bonds. The molecule has 9 heteroatoms. The number of rotatable bonds is 6. The average molecular weight is 436 g/mol. The van der Waals surface area contributed by atoms with Gasteiger partial charge in [-0.3, -0.25) is 14.5 Å². The number of carbonyl (C=O) groups is 2. The number of para-hydroxylation sites is 2. The molecule has 0 aromatic heterocycles. The summed E-state index contributed by atoms with van der Waals surface area (Å²) in [5, 5.41) is 2.97. The van der Waals surface area contributed by atoms with Gasteiger partial charge in [-0.25, -0.2) is 8.42 Å². The molecule has 4 rings (SSSR count). The number of sulfone groups is 1. The molecule has 8 nitrogen and oxygen atoms in total. The van der Waals surface area contributed by atoms with Gasteiger partial charge in [0, 0.05) is 19.0 Å². The number of amides is 2. The summed E-state index contributed by atoms with van der Waals surface area (Å²) < 4.78 is 30.1. The molecule has 0 bridgehead atoms. The summed E-state index contributed by atoms with van der Waals surface area (Å²) in [6.07, 6.45) is 2.23. The third-order valence-corrected chi connectivity index (χ3v) is 7.93. The van der Waals surface area contributed by atoms with Crippen LogP contribution >= 0.6 is 0 Å². The van der Waals surface area contributed by atoms with Crippen LogP contribution in [0.2, 0.25) is 0 Å². The highest BCUT2D eigenvalue weighted by Crippen LogP contribution is 2.33. The molecule has 3 fully saturated rings. The largest absolute Gasteiger partial charge is 0.492 e. The Bertz CT molecular complexity index is 913. The van der Waals surface area contributed by atoms with Gasteiger partial charge < -0.3 is 15.0 Å². The monoisotopic (exact) mass is 435 g/mol. The molecule has 3 aliphatic heterocycles. The van der Waals surface area contributed by atoms with Crippen molar-refractivity contribution in [2.75, 3.05) is 42.6 Å². The minimum Gasteiger partial charge on any atom is -0.492 e. The van der Waals surface area contributed by atoms with Crippen LogP contribution in [0.3, 0.4) is 0 Å². The van der Waals surface area contributed by atoms with E-state index in [1.165, 1.54) is 0 Å². The number of anilines is 1. The molecule has 0 radical (unpaired) electrons. The lowest BCUT2D eigenvalue weighted by molar-refractivity contribution is -0.127. The molecule has 3 saturated heterocycles. The molecule has 3 unspecified atom stereocenters. The van der Waals surface area contributed by atoms with Crippen LogP contribution in [0.1, 0.15) is 26.2 Å². The van der Waals surface area contributed by atoms with E-state index in [-0.39, 0.29) is 42.3 Å². The highest BCUT2D eigenvalue weighted by atomic mass is 32.2. The first-order chi connectivity index (χ1) is 14.4. The Kier molecular flexibility index (Phi) is 6.02. The predicted molar refractivity (Wildman–Crippen MR) is 113 cm³/mol. The van der Waals surface area contributed by atoms with Gasteiger partial charge in [-0.15, -0.1) is 0 Å². The first-order valence-electron chi connectivity index (χ1n) is 10.6. The van der Waals surface area contributed by atoms with Crippen molar-refractivity contribution in [3.63, 3.8) is 0 Å². The van der Waals surface area contributed by atoms with Crippen LogP contribution in [-0.2, 0) is 19.4 Å². The molecular weight excluding hydrogens is 406 g/mol. The smallest absolute Gasteiger partial charge is 0.227 e. The number of likely N-dealkylation sites (tertiary alicyclic amines) is 1. The summed E-state index contributed by atoms with van der Waals surface area (Å²) in [4.78, 5) is 29.4. The number of hydrogen-bond acceptors (Lipinski definition) is 6. The maximum atomic E-state index is 13.0. The predicted octanol–water partition coefficient (Wildman–Crippen LogP) is 0.816. The fraction of sp³-hybridized carbons (Fsp3) is 0.619. The van der Waals surface area contributed by atoms with Gasteiger partial charge in [0.2, 0.25) is 11.8 Å². The summed E-state index contributed by atoms with van der Waals surface area (Å²) >= 11 is 0. The summed E-state index contributed by atoms with van der Waals surface area (Å²) in [5.41, 5.74) is 0.665. The Morgan fingerprint density at radius 3 is 2.67 bits per heavy atom. The zero-order valence-electron chi connectivity index (χ0n) is 17.2. The number of benzene rings is 1. The second-order valence-electron chi connectivity index (χ2n) is 8.31. The second kappa shape index (κ2) is 8.55. The van der Waals surface area contributed by atoms with E-state index in [1.54, 1.807) is 4.90 Å². The van der Waals surface area contributed by atoms with Crippen LogP contribution in [0.25, 0.3) is 0 Å². The fourth-order valence-electron chi connectivity index (χ4n) is 4.77. The highest BCUT2D eigenvalue weighted by Gasteiger charge is 2.44. The molecule has 3 heterocycles. The number of nitrogens with one attached hydrogen (secondary N) is 1. The highest BCUT2D eigenvalue weighted by molar-refractivity contribution is 7.91. The van der Waals surface area contributed by atoms with Gasteiger partial charge in [-0.2, -0.15) is 0 Å². The van der Waals surface area contributed by atoms with Crippen LogP contribution < -0.4 is 15.0 Å². The van der Waals surface area contributed by atoms with Gasteiger partial charge in [0.25, 0.3) is 0 Å². The van der Waals surface area contributed by atoms with Gasteiger partial charge in [-0.05, 0) is 45.0 Å². The van der Waals surface area contributed by atoms with Gasteiger partial charge in [-0.1, -0.05) is 12.1 Å². The first-order valence-corrected chi connectivity index (χ1v) is 12.5. The quantitative estimate of drug-likeness (QED) is 0.711. The summed E-state index contributed by atoms with van der Waals surface area (Å²) in [7, 11) is -3.18. The van der Waals surface area contributed by atoms with Crippen molar-refractivity contribution in [3.05, 3.63) is 24.3 Å². The number of nitrogens with zero attached hydrogens (tertiary/aromatic N) is 2. The maximum Gasteiger partial charge on any atom is 0.227 e. The van der Waals surface area contributed by atoms with E-state index in [4.69, 9.17) is 4.74 Å². The van der Waals surface area contributed by atoms with Crippen LogP contribution in [0.15, 0.2) is 24.3 Å². The fourth-order valence-corrected chi connectivity index (χ4v) is 6.73. The molecule has 1 aromatic carbocycles. The van der Waals surface area contributed by atoms with Crippen LogP contribution in [0.4, 0.5) is 5.69 Å². The van der Waals surface area contributed by atoms with E-state index in [9.17, 15) is 18.0 Å². The summed E-state index contributed by atoms with van der Waals surface area (Å²) in [6.45, 7) is 4.37. The molecular formula is C21H29N3O5S. The van der Waals surface area contributed by atoms with Crippen molar-refractivity contribution in [3.8, 4) is 5.75 Å². The summed E-state index contributed by atoms with van der Waals surface area (Å²) in [5.74, 6) is -0.198. The molecule has 164 valence electrons. The van der Waals surface area contributed by atoms with Crippen molar-refractivity contribution >= 4 is 27.3 Å². The molecule has 0 saturated carbocycles. The molecule has 1 N–H and O–H groups in total. The zero-order valence-corrected chi connectivity index (χ0v) is 18.1. The lowest BCUT2D eigenvalue weighted by Crippen LogP contribution is -2.51. The third kappa shape index (κ3) is 4.32. The Morgan fingerprint density at radius 2 is 1.93 bits per heavy atom. The van der Waals surface area contributed by atoms with Crippen LogP contribution in [0, 0.1) is 5.92 Å². The van der Waals surface area contributed by atoms with E-state index >= 15 is 0 Å². The number of ether oxygens (including phenoxy) is 1. The number of carbonyl (C=O) groups excluding carboxylic acids is 2. The maximum absolute atomic E-state index is 13.0. The average Bonchev–Trinajstić information content (AvgIpc) is 3.41. The topological polar surface area (TPSA) is 96.0 Å². The van der Waals surface area contributed by atoms with Gasteiger partial charge in [0.15, 0.2) is 9.84 Å². The van der Waals surface area contributed by atoms with Crippen LogP contribution in [-0.4, -0.2) is 75.0 Å². The Labute approximate surface area is 177 Å². The molecule has 0 spiro atoms. The van der Waals surface area contributed by atoms with Crippen molar-refractivity contribution < 1.29 is 22.7 Å². The van der Waals surface area contributed by atoms with Gasteiger partial charge >= 0.3 is 0 Å². The lowest BCUT2D eigenvalue weighted by Gasteiger charge is -2.29. The molecule has 3 atom stereocenters. The normalized spacial score (nSPS) is 28.8. The van der Waals surface area contributed by atoms with E-state index < -0.39 is 21.8 Å². The SMILES string of the molecule is CCOc1ccccc1N1CC(C(=O)NC2CS(=O)(=O)CC2N2CCCC2)CC1=O. The van der Waals surface area contributed by atoms with Crippen molar-refractivity contribution in [1.82, 2.24) is 10.2 Å². The van der Waals surface area contributed by atoms with E-state index in [2.05, 4.69) is 10.2 Å². The van der Waals surface area contributed by atoms with E-state index in [0.717, 1.165) is 25.9 Å². The minimum absolute atomic E-state index is 0.0303. The third-order valence-electron chi connectivity index (χ3n) is 6.21. The Hall–Kier alpha value is -2.13. The van der Waals surface area contributed by atoms with E-state index in [0.29, 0.717) is 18.0 Å². The molecule has 1 aromatic rings. The molecule has 3 aliphatic rings. The Balaban J connectivity index is 1.45. The van der Waals surface area contributed by atoms with Crippen molar-refractivity contribution in [2.24, 2.45) is 5.92 Å². The standard InChI is InChI=1S/C21H29N3O5S/c1-2-29-19-8-4-3-7-17(19)24-12-15(11-20(24)25)21(26)22-16-13-30(27,28)14-18(16)23-9-5-6-10-23/h3-4,7-8,15-16,18H,2,5-6,9-14H2,1H3,(H,22,26). The second-order valence-corrected chi connectivity index (χ2v) is 10.5. The van der Waals surface area contributed by atoms with Crippen LogP contribution in [0.5, 0.6) is 5.75 Å². The van der Waals surface area contributed by atoms with Gasteiger partial charge in [0.1, 0.15) is 5.75 Å². The van der Waals surface area contributed by atoms with E-state index in [1.807, 2.05) is 31.2 Å². The molecule has 30 heavy (non-hydrogen) atoms. The van der Waals surface area contributed by atoms with Crippen molar-refractivity contribution in [1.29, 1.82) is 0 Å². The minimum atomic E-state index is -3.18. The number of hydrogen-bond donors (Lipinski definition) is 1. The summed E-state index contributed by atoms with van der Waals surface area (Å²) in [6, 6.07) is 6.72. The lowest BCUT2D eigenvalue weighted by atomic mass is 10.1. The zero-order chi connectivity index (χ0) is 21.3.